The summed E-state index contributed by atoms with van der Waals surface area (Å²) in [6, 6.07) is 2.79. The first kappa shape index (κ1) is 14.4. The molecule has 9 heteroatoms. The lowest BCUT2D eigenvalue weighted by molar-refractivity contribution is 0.543. The van der Waals surface area contributed by atoms with Crippen molar-refractivity contribution in [3.63, 3.8) is 0 Å². The summed E-state index contributed by atoms with van der Waals surface area (Å²) in [6.07, 6.45) is 1.50. The third-order valence-electron chi connectivity index (χ3n) is 2.71. The van der Waals surface area contributed by atoms with Gasteiger partial charge >= 0.3 is 0 Å². The van der Waals surface area contributed by atoms with Crippen LogP contribution in [-0.2, 0) is 23.6 Å². The van der Waals surface area contributed by atoms with E-state index in [1.807, 2.05) is 0 Å². The number of nitrogens with two attached hydrogens (primary N) is 1. The van der Waals surface area contributed by atoms with E-state index in [1.165, 1.54) is 10.9 Å². The fourth-order valence-electron chi connectivity index (χ4n) is 1.57. The van der Waals surface area contributed by atoms with Gasteiger partial charge in [-0.15, -0.1) is 0 Å². The summed E-state index contributed by atoms with van der Waals surface area (Å²) in [5.74, 6) is -2.21. The summed E-state index contributed by atoms with van der Waals surface area (Å²) in [5.41, 5.74) is 5.40. The van der Waals surface area contributed by atoms with E-state index in [-0.39, 0.29) is 6.54 Å². The van der Waals surface area contributed by atoms with Crippen LogP contribution in [0.4, 0.5) is 14.5 Å². The van der Waals surface area contributed by atoms with E-state index < -0.39 is 32.2 Å². The molecule has 20 heavy (non-hydrogen) atoms. The lowest BCUT2D eigenvalue weighted by Gasteiger charge is -2.09. The molecule has 2 rings (SSSR count). The quantitative estimate of drug-likeness (QED) is 0.816. The molecule has 0 spiro atoms. The van der Waals surface area contributed by atoms with E-state index in [9.17, 15) is 17.2 Å². The van der Waals surface area contributed by atoms with Gasteiger partial charge in [-0.25, -0.2) is 21.9 Å². The smallest absolute Gasteiger partial charge is 0.243 e. The first-order valence-electron chi connectivity index (χ1n) is 5.52. The van der Waals surface area contributed by atoms with Crippen molar-refractivity contribution in [1.82, 2.24) is 14.5 Å². The molecule has 0 unspecified atom stereocenters. The van der Waals surface area contributed by atoms with Crippen LogP contribution in [0.25, 0.3) is 0 Å². The standard InChI is InChI=1S/C11H12F2N4O2S/c1-17-7(2-3-15-17)6-16-20(18,19)11-5-10(14)8(12)4-9(11)13/h2-5,16H,6,14H2,1H3. The number of rotatable bonds is 4. The molecule has 0 aliphatic rings. The summed E-state index contributed by atoms with van der Waals surface area (Å²) in [6.45, 7) is -0.0739. The van der Waals surface area contributed by atoms with Gasteiger partial charge in [0, 0.05) is 19.3 Å². The highest BCUT2D eigenvalue weighted by molar-refractivity contribution is 7.89. The Morgan fingerprint density at radius 3 is 2.65 bits per heavy atom. The van der Waals surface area contributed by atoms with Gasteiger partial charge in [0.15, 0.2) is 0 Å². The highest BCUT2D eigenvalue weighted by Crippen LogP contribution is 2.20. The molecule has 3 N–H and O–H groups in total. The fourth-order valence-corrected chi connectivity index (χ4v) is 2.66. The van der Waals surface area contributed by atoms with Crippen molar-refractivity contribution in [2.45, 2.75) is 11.4 Å². The van der Waals surface area contributed by atoms with Crippen molar-refractivity contribution in [2.24, 2.45) is 7.05 Å². The second kappa shape index (κ2) is 5.17. The lowest BCUT2D eigenvalue weighted by atomic mass is 10.3. The molecule has 0 radical (unpaired) electrons. The van der Waals surface area contributed by atoms with Crippen molar-refractivity contribution in [1.29, 1.82) is 0 Å². The Morgan fingerprint density at radius 2 is 2.05 bits per heavy atom. The molecule has 0 fully saturated rings. The number of anilines is 1. The van der Waals surface area contributed by atoms with Crippen molar-refractivity contribution in [2.75, 3.05) is 5.73 Å². The van der Waals surface area contributed by atoms with Crippen molar-refractivity contribution < 1.29 is 17.2 Å². The third kappa shape index (κ3) is 2.78. The molecule has 0 amide bonds. The fraction of sp³-hybridized carbons (Fsp3) is 0.182. The summed E-state index contributed by atoms with van der Waals surface area (Å²) in [7, 11) is -2.50. The van der Waals surface area contributed by atoms with Crippen molar-refractivity contribution in [3.05, 3.63) is 41.7 Å². The summed E-state index contributed by atoms with van der Waals surface area (Å²) in [4.78, 5) is -0.696. The number of nitrogens with one attached hydrogen (secondary N) is 1. The predicted molar refractivity (Wildman–Crippen MR) is 68.0 cm³/mol. The van der Waals surface area contributed by atoms with E-state index in [0.29, 0.717) is 11.8 Å². The SMILES string of the molecule is Cn1nccc1CNS(=O)(=O)c1cc(N)c(F)cc1F. The number of hydrogen-bond donors (Lipinski definition) is 2. The van der Waals surface area contributed by atoms with Crippen molar-refractivity contribution in [3.8, 4) is 0 Å². The maximum Gasteiger partial charge on any atom is 0.243 e. The number of sulfonamides is 1. The van der Waals surface area contributed by atoms with Gasteiger partial charge in [0.2, 0.25) is 10.0 Å². The van der Waals surface area contributed by atoms with E-state index in [2.05, 4.69) is 9.82 Å². The predicted octanol–water partition coefficient (Wildman–Crippen LogP) is 0.759. The van der Waals surface area contributed by atoms with Crippen LogP contribution in [0, 0.1) is 11.6 Å². The molecular formula is C11H12F2N4O2S. The molecule has 0 saturated carbocycles. The summed E-state index contributed by atoms with van der Waals surface area (Å²) >= 11 is 0. The maximum absolute atomic E-state index is 13.5. The van der Waals surface area contributed by atoms with E-state index >= 15 is 0 Å². The number of halogens is 2. The van der Waals surface area contributed by atoms with Crippen LogP contribution in [-0.4, -0.2) is 18.2 Å². The number of nitrogens with zero attached hydrogens (tertiary/aromatic N) is 2. The van der Waals surface area contributed by atoms with E-state index in [1.54, 1.807) is 13.1 Å². The Labute approximate surface area is 114 Å². The zero-order valence-electron chi connectivity index (χ0n) is 10.5. The molecule has 0 saturated heterocycles. The van der Waals surface area contributed by atoms with Crippen molar-refractivity contribution >= 4 is 15.7 Å². The van der Waals surface area contributed by atoms with E-state index in [4.69, 9.17) is 5.73 Å². The van der Waals surface area contributed by atoms with Gasteiger partial charge < -0.3 is 5.73 Å². The number of hydrogen-bond acceptors (Lipinski definition) is 4. The Balaban J connectivity index is 2.27. The Morgan fingerprint density at radius 1 is 1.35 bits per heavy atom. The first-order chi connectivity index (χ1) is 9.31. The van der Waals surface area contributed by atoms with Gasteiger partial charge in [-0.3, -0.25) is 4.68 Å². The Kier molecular flexibility index (Phi) is 3.73. The largest absolute Gasteiger partial charge is 0.396 e. The Hall–Kier alpha value is -2.00. The molecule has 0 atom stereocenters. The molecule has 1 aromatic carbocycles. The average Bonchev–Trinajstić information content (AvgIpc) is 2.77. The minimum Gasteiger partial charge on any atom is -0.396 e. The molecule has 0 aliphatic heterocycles. The van der Waals surface area contributed by atoms with Gasteiger partial charge in [-0.2, -0.15) is 5.10 Å². The van der Waals surface area contributed by atoms with Crippen LogP contribution in [0.15, 0.2) is 29.3 Å². The zero-order valence-corrected chi connectivity index (χ0v) is 11.3. The topological polar surface area (TPSA) is 90.0 Å². The van der Waals surface area contributed by atoms with Gasteiger partial charge in [-0.1, -0.05) is 0 Å². The van der Waals surface area contributed by atoms with Gasteiger partial charge in [0.25, 0.3) is 0 Å². The molecule has 108 valence electrons. The molecule has 0 aliphatic carbocycles. The highest BCUT2D eigenvalue weighted by atomic mass is 32.2. The number of aryl methyl sites for hydroxylation is 1. The second-order valence-corrected chi connectivity index (χ2v) is 5.81. The van der Waals surface area contributed by atoms with Gasteiger partial charge in [0.05, 0.1) is 17.9 Å². The van der Waals surface area contributed by atoms with Gasteiger partial charge in [-0.05, 0) is 12.1 Å². The van der Waals surface area contributed by atoms with Crippen LogP contribution in [0.5, 0.6) is 0 Å². The number of nitrogen functional groups attached to an aromatic ring is 1. The summed E-state index contributed by atoms with van der Waals surface area (Å²) < 4.78 is 54.2. The Bertz CT molecular complexity index is 743. The maximum atomic E-state index is 13.5. The zero-order chi connectivity index (χ0) is 14.9. The minimum atomic E-state index is -4.14. The average molecular weight is 302 g/mol. The number of benzene rings is 1. The number of aromatic nitrogens is 2. The van der Waals surface area contributed by atoms with Crippen LogP contribution < -0.4 is 10.5 Å². The molecule has 1 aromatic heterocycles. The molecule has 0 bridgehead atoms. The van der Waals surface area contributed by atoms with Gasteiger partial charge in [0.1, 0.15) is 16.5 Å². The van der Waals surface area contributed by atoms with E-state index in [0.717, 1.165) is 6.07 Å². The lowest BCUT2D eigenvalue weighted by Crippen LogP contribution is -2.25. The van der Waals surface area contributed by atoms with Crippen LogP contribution >= 0.6 is 0 Å². The third-order valence-corrected chi connectivity index (χ3v) is 4.12. The first-order valence-corrected chi connectivity index (χ1v) is 7.00. The normalized spacial score (nSPS) is 11.8. The second-order valence-electron chi connectivity index (χ2n) is 4.07. The van der Waals surface area contributed by atoms with Crippen LogP contribution in [0.3, 0.4) is 0 Å². The highest BCUT2D eigenvalue weighted by Gasteiger charge is 2.21. The molecular weight excluding hydrogens is 290 g/mol. The minimum absolute atomic E-state index is 0.0739. The summed E-state index contributed by atoms with van der Waals surface area (Å²) in [5, 5.41) is 3.87. The van der Waals surface area contributed by atoms with Crippen LogP contribution in [0.2, 0.25) is 0 Å². The monoisotopic (exact) mass is 302 g/mol. The molecule has 2 aromatic rings. The molecule has 6 nitrogen and oxygen atoms in total. The molecule has 1 heterocycles. The van der Waals surface area contributed by atoms with Crippen LogP contribution in [0.1, 0.15) is 5.69 Å².